The van der Waals surface area contributed by atoms with E-state index in [0.717, 1.165) is 11.1 Å². The Kier molecular flexibility index (Phi) is 5.64. The minimum atomic E-state index is -0.0601. The average Bonchev–Trinajstić information content (AvgIpc) is 2.35. The lowest BCUT2D eigenvalue weighted by molar-refractivity contribution is 0.128. The molecule has 1 unspecified atom stereocenters. The molecule has 0 saturated carbocycles. The molecule has 0 aromatic heterocycles. The molecule has 0 bridgehead atoms. The summed E-state index contributed by atoms with van der Waals surface area (Å²) >= 11 is 0. The molecule has 0 heterocycles. The van der Waals surface area contributed by atoms with Gasteiger partial charge in [-0.3, -0.25) is 0 Å². The molecule has 1 atom stereocenters. The van der Waals surface area contributed by atoms with E-state index in [1.54, 1.807) is 13.2 Å². The van der Waals surface area contributed by atoms with E-state index in [9.17, 15) is 0 Å². The van der Waals surface area contributed by atoms with E-state index in [-0.39, 0.29) is 12.6 Å². The van der Waals surface area contributed by atoms with Crippen LogP contribution in [0.3, 0.4) is 0 Å². The maximum Gasteiger partial charge on any atom is 0.0991 e. The van der Waals surface area contributed by atoms with Gasteiger partial charge in [-0.05, 0) is 30.2 Å². The SMILES string of the molecule is COCC(CO)NCc1ccc(C#N)cc1C. The summed E-state index contributed by atoms with van der Waals surface area (Å²) in [6.45, 7) is 3.16. The van der Waals surface area contributed by atoms with Gasteiger partial charge in [-0.1, -0.05) is 6.07 Å². The van der Waals surface area contributed by atoms with Gasteiger partial charge in [-0.25, -0.2) is 0 Å². The van der Waals surface area contributed by atoms with Crippen LogP contribution in [0, 0.1) is 18.3 Å². The summed E-state index contributed by atoms with van der Waals surface area (Å²) in [4.78, 5) is 0. The standard InChI is InChI=1S/C13H18N2O2/c1-10-5-11(6-14)3-4-12(10)7-15-13(8-16)9-17-2/h3-5,13,15-16H,7-9H2,1-2H3. The van der Waals surface area contributed by atoms with Crippen molar-refractivity contribution in [1.82, 2.24) is 5.32 Å². The van der Waals surface area contributed by atoms with Gasteiger partial charge in [0.25, 0.3) is 0 Å². The molecule has 92 valence electrons. The Morgan fingerprint density at radius 3 is 2.82 bits per heavy atom. The van der Waals surface area contributed by atoms with E-state index in [1.165, 1.54) is 0 Å². The zero-order chi connectivity index (χ0) is 12.7. The van der Waals surface area contributed by atoms with Crippen molar-refractivity contribution in [2.75, 3.05) is 20.3 Å². The van der Waals surface area contributed by atoms with Gasteiger partial charge in [0.05, 0.1) is 30.9 Å². The molecule has 1 aromatic rings. The Balaban J connectivity index is 2.60. The fraction of sp³-hybridized carbons (Fsp3) is 0.462. The molecular formula is C13H18N2O2. The smallest absolute Gasteiger partial charge is 0.0991 e. The summed E-state index contributed by atoms with van der Waals surface area (Å²) < 4.78 is 4.98. The van der Waals surface area contributed by atoms with Crippen LogP contribution in [-0.2, 0) is 11.3 Å². The number of hydrogen-bond donors (Lipinski definition) is 2. The van der Waals surface area contributed by atoms with E-state index in [2.05, 4.69) is 11.4 Å². The molecule has 0 fully saturated rings. The summed E-state index contributed by atoms with van der Waals surface area (Å²) in [5.41, 5.74) is 2.87. The second kappa shape index (κ2) is 7.02. The summed E-state index contributed by atoms with van der Waals surface area (Å²) in [6.07, 6.45) is 0. The van der Waals surface area contributed by atoms with Crippen molar-refractivity contribution in [2.24, 2.45) is 0 Å². The van der Waals surface area contributed by atoms with Crippen molar-refractivity contribution in [3.8, 4) is 6.07 Å². The number of rotatable bonds is 6. The number of benzene rings is 1. The lowest BCUT2D eigenvalue weighted by atomic mass is 10.1. The predicted octanol–water partition coefficient (Wildman–Crippen LogP) is 0.964. The Morgan fingerprint density at radius 2 is 2.29 bits per heavy atom. The first kappa shape index (κ1) is 13.7. The number of aliphatic hydroxyl groups excluding tert-OH is 1. The summed E-state index contributed by atoms with van der Waals surface area (Å²) in [5.74, 6) is 0. The quantitative estimate of drug-likeness (QED) is 0.769. The van der Waals surface area contributed by atoms with Gasteiger partial charge in [0, 0.05) is 13.7 Å². The third-order valence-corrected chi connectivity index (χ3v) is 2.64. The first-order valence-electron chi connectivity index (χ1n) is 5.54. The molecule has 0 aliphatic carbocycles. The topological polar surface area (TPSA) is 65.3 Å². The van der Waals surface area contributed by atoms with Crippen LogP contribution in [0.25, 0.3) is 0 Å². The zero-order valence-corrected chi connectivity index (χ0v) is 10.2. The number of aryl methyl sites for hydroxylation is 1. The van der Waals surface area contributed by atoms with E-state index in [1.807, 2.05) is 19.1 Å². The second-order valence-corrected chi connectivity index (χ2v) is 3.97. The van der Waals surface area contributed by atoms with Crippen LogP contribution in [0.2, 0.25) is 0 Å². The lowest BCUT2D eigenvalue weighted by Crippen LogP contribution is -2.36. The van der Waals surface area contributed by atoms with Crippen molar-refractivity contribution in [1.29, 1.82) is 5.26 Å². The van der Waals surface area contributed by atoms with Gasteiger partial charge in [-0.2, -0.15) is 5.26 Å². The fourth-order valence-corrected chi connectivity index (χ4v) is 1.60. The number of hydrogen-bond acceptors (Lipinski definition) is 4. The van der Waals surface area contributed by atoms with Crippen LogP contribution in [0.15, 0.2) is 18.2 Å². The Hall–Kier alpha value is -1.41. The molecule has 4 heteroatoms. The molecule has 0 spiro atoms. The lowest BCUT2D eigenvalue weighted by Gasteiger charge is -2.16. The molecule has 0 radical (unpaired) electrons. The molecule has 1 aromatic carbocycles. The first-order valence-corrected chi connectivity index (χ1v) is 5.54. The molecule has 0 aliphatic rings. The third-order valence-electron chi connectivity index (χ3n) is 2.64. The second-order valence-electron chi connectivity index (χ2n) is 3.97. The molecule has 0 saturated heterocycles. The Bertz CT molecular complexity index is 399. The van der Waals surface area contributed by atoms with Crippen LogP contribution >= 0.6 is 0 Å². The molecule has 1 rings (SSSR count). The minimum absolute atomic E-state index is 0.0448. The van der Waals surface area contributed by atoms with E-state index in [0.29, 0.717) is 18.7 Å². The van der Waals surface area contributed by atoms with Gasteiger partial charge >= 0.3 is 0 Å². The molecule has 2 N–H and O–H groups in total. The monoisotopic (exact) mass is 234 g/mol. The van der Waals surface area contributed by atoms with Crippen LogP contribution in [0.1, 0.15) is 16.7 Å². The highest BCUT2D eigenvalue weighted by Gasteiger charge is 2.07. The maximum atomic E-state index is 9.10. The van der Waals surface area contributed by atoms with Gasteiger partial charge in [0.1, 0.15) is 0 Å². The van der Waals surface area contributed by atoms with Gasteiger partial charge < -0.3 is 15.2 Å². The van der Waals surface area contributed by atoms with Crippen molar-refractivity contribution in [3.05, 3.63) is 34.9 Å². The van der Waals surface area contributed by atoms with E-state index in [4.69, 9.17) is 15.1 Å². The number of ether oxygens (including phenoxy) is 1. The van der Waals surface area contributed by atoms with Crippen molar-refractivity contribution in [3.63, 3.8) is 0 Å². The molecular weight excluding hydrogens is 216 g/mol. The third kappa shape index (κ3) is 4.16. The summed E-state index contributed by atoms with van der Waals surface area (Å²) in [7, 11) is 1.61. The first-order chi connectivity index (χ1) is 8.21. The molecule has 17 heavy (non-hydrogen) atoms. The number of nitriles is 1. The number of aliphatic hydroxyl groups is 1. The number of methoxy groups -OCH3 is 1. The van der Waals surface area contributed by atoms with Crippen LogP contribution < -0.4 is 5.32 Å². The highest BCUT2D eigenvalue weighted by atomic mass is 16.5. The van der Waals surface area contributed by atoms with Gasteiger partial charge in [-0.15, -0.1) is 0 Å². The van der Waals surface area contributed by atoms with Crippen molar-refractivity contribution >= 4 is 0 Å². The Morgan fingerprint density at radius 1 is 1.53 bits per heavy atom. The Labute approximate surface area is 102 Å². The number of nitrogens with one attached hydrogen (secondary N) is 1. The maximum absolute atomic E-state index is 9.10. The molecule has 0 amide bonds. The fourth-order valence-electron chi connectivity index (χ4n) is 1.60. The normalized spacial score (nSPS) is 12.1. The molecule has 4 nitrogen and oxygen atoms in total. The largest absolute Gasteiger partial charge is 0.395 e. The zero-order valence-electron chi connectivity index (χ0n) is 10.2. The van der Waals surface area contributed by atoms with Gasteiger partial charge in [0.15, 0.2) is 0 Å². The van der Waals surface area contributed by atoms with Crippen LogP contribution in [0.5, 0.6) is 0 Å². The molecule has 0 aliphatic heterocycles. The minimum Gasteiger partial charge on any atom is -0.395 e. The van der Waals surface area contributed by atoms with Crippen LogP contribution in [-0.4, -0.2) is 31.5 Å². The van der Waals surface area contributed by atoms with Crippen LogP contribution in [0.4, 0.5) is 0 Å². The van der Waals surface area contributed by atoms with E-state index < -0.39 is 0 Å². The summed E-state index contributed by atoms with van der Waals surface area (Å²) in [5, 5.41) is 21.1. The van der Waals surface area contributed by atoms with Gasteiger partial charge in [0.2, 0.25) is 0 Å². The highest BCUT2D eigenvalue weighted by Crippen LogP contribution is 2.10. The average molecular weight is 234 g/mol. The number of nitrogens with zero attached hydrogens (tertiary/aromatic N) is 1. The van der Waals surface area contributed by atoms with Crippen molar-refractivity contribution < 1.29 is 9.84 Å². The predicted molar refractivity (Wildman–Crippen MR) is 65.5 cm³/mol. The highest BCUT2D eigenvalue weighted by molar-refractivity contribution is 5.37. The van der Waals surface area contributed by atoms with E-state index >= 15 is 0 Å². The summed E-state index contributed by atoms with van der Waals surface area (Å²) in [6, 6.07) is 7.65. The van der Waals surface area contributed by atoms with Crippen molar-refractivity contribution in [2.45, 2.75) is 19.5 Å².